The van der Waals surface area contributed by atoms with Gasteiger partial charge in [0.05, 0.1) is 26.4 Å². The van der Waals surface area contributed by atoms with Gasteiger partial charge in [0.25, 0.3) is 11.8 Å². The average molecular weight is 608 g/mol. The molecular weight excluding hydrogens is 554 g/mol. The molecule has 1 heterocycles. The van der Waals surface area contributed by atoms with Crippen LogP contribution in [-0.2, 0) is 33.4 Å². The molecule has 1 aliphatic heterocycles. The van der Waals surface area contributed by atoms with Crippen molar-refractivity contribution in [3.05, 3.63) is 24.3 Å². The van der Waals surface area contributed by atoms with Crippen LogP contribution in [0.1, 0.15) is 103 Å². The van der Waals surface area contributed by atoms with Gasteiger partial charge in [-0.25, -0.2) is 0 Å². The maximum absolute atomic E-state index is 11.9. The number of carboxylic acids is 1. The van der Waals surface area contributed by atoms with E-state index in [4.69, 9.17) is 14.6 Å². The maximum Gasteiger partial charge on any atom is 0.303 e. The van der Waals surface area contributed by atoms with E-state index in [9.17, 15) is 24.0 Å². The summed E-state index contributed by atoms with van der Waals surface area (Å²) in [5.74, 6) is -1.77. The number of carbonyl (C=O) groups excluding carboxylic acids is 4. The summed E-state index contributed by atoms with van der Waals surface area (Å²) in [6.07, 6.45) is 22.1. The molecule has 0 spiro atoms. The van der Waals surface area contributed by atoms with Crippen molar-refractivity contribution in [2.75, 3.05) is 46.1 Å². The van der Waals surface area contributed by atoms with E-state index in [-0.39, 0.29) is 31.2 Å². The van der Waals surface area contributed by atoms with Gasteiger partial charge in [-0.1, -0.05) is 57.1 Å². The third-order valence-electron chi connectivity index (χ3n) is 6.92. The number of nitrogens with zero attached hydrogens (tertiary/aromatic N) is 1. The number of nitrogens with one attached hydrogen (secondary N) is 2. The smallest absolute Gasteiger partial charge is 0.303 e. The normalized spacial score (nSPS) is 12.9. The lowest BCUT2D eigenvalue weighted by Crippen LogP contribution is -2.35. The highest BCUT2D eigenvalue weighted by Gasteiger charge is 2.23. The van der Waals surface area contributed by atoms with E-state index in [0.29, 0.717) is 45.9 Å². The second-order valence-electron chi connectivity index (χ2n) is 10.7. The average Bonchev–Trinajstić information content (AvgIpc) is 3.30. The molecule has 3 N–H and O–H groups in total. The summed E-state index contributed by atoms with van der Waals surface area (Å²) in [5.41, 5.74) is 0. The Morgan fingerprint density at radius 2 is 1.14 bits per heavy atom. The van der Waals surface area contributed by atoms with Crippen LogP contribution in [-0.4, -0.2) is 85.7 Å². The van der Waals surface area contributed by atoms with Crippen LogP contribution >= 0.6 is 0 Å². The molecule has 1 rings (SSSR count). The van der Waals surface area contributed by atoms with Gasteiger partial charge in [0.15, 0.2) is 0 Å². The number of imide groups is 1. The number of hydrogen-bond donors (Lipinski definition) is 3. The van der Waals surface area contributed by atoms with Gasteiger partial charge < -0.3 is 25.2 Å². The number of carbonyl (C=O) groups is 5. The first-order chi connectivity index (χ1) is 20.9. The Morgan fingerprint density at radius 3 is 1.77 bits per heavy atom. The zero-order chi connectivity index (χ0) is 31.4. The van der Waals surface area contributed by atoms with Gasteiger partial charge in [0.2, 0.25) is 11.8 Å². The Morgan fingerprint density at radius 1 is 0.628 bits per heavy atom. The van der Waals surface area contributed by atoms with Gasteiger partial charge in [-0.15, -0.1) is 0 Å². The van der Waals surface area contributed by atoms with E-state index < -0.39 is 17.8 Å². The van der Waals surface area contributed by atoms with Gasteiger partial charge >= 0.3 is 5.97 Å². The second-order valence-corrected chi connectivity index (χ2v) is 10.7. The zero-order valence-electron chi connectivity index (χ0n) is 25.8. The number of ether oxygens (including phenoxy) is 2. The summed E-state index contributed by atoms with van der Waals surface area (Å²) < 4.78 is 10.8. The first-order valence-electron chi connectivity index (χ1n) is 16.0. The second kappa shape index (κ2) is 26.6. The van der Waals surface area contributed by atoms with E-state index in [1.54, 1.807) is 0 Å². The van der Waals surface area contributed by atoms with E-state index in [2.05, 4.69) is 22.8 Å². The Kier molecular flexibility index (Phi) is 23.5. The van der Waals surface area contributed by atoms with Crippen molar-refractivity contribution < 1.29 is 38.6 Å². The molecule has 0 aromatic heterocycles. The minimum Gasteiger partial charge on any atom is -0.481 e. The first kappa shape index (κ1) is 38.0. The number of hydrogen-bond acceptors (Lipinski definition) is 7. The first-order valence-corrected chi connectivity index (χ1v) is 16.0. The summed E-state index contributed by atoms with van der Waals surface area (Å²) in [4.78, 5) is 58.0. The van der Waals surface area contributed by atoms with E-state index in [0.717, 1.165) is 49.8 Å². The Bertz CT molecular complexity index is 857. The number of carboxylic acid groups (broad SMARTS) is 1. The lowest BCUT2D eigenvalue weighted by atomic mass is 10.1. The van der Waals surface area contributed by atoms with E-state index >= 15 is 0 Å². The molecule has 0 bridgehead atoms. The van der Waals surface area contributed by atoms with Crippen LogP contribution in [0.5, 0.6) is 0 Å². The van der Waals surface area contributed by atoms with Crippen LogP contribution < -0.4 is 10.6 Å². The predicted octanol–water partition coefficient (Wildman–Crippen LogP) is 4.06. The topological polar surface area (TPSA) is 151 Å². The molecule has 0 unspecified atom stereocenters. The quantitative estimate of drug-likeness (QED) is 0.0654. The van der Waals surface area contributed by atoms with Crippen molar-refractivity contribution in [1.29, 1.82) is 0 Å². The molecule has 43 heavy (non-hydrogen) atoms. The van der Waals surface area contributed by atoms with Crippen molar-refractivity contribution in [1.82, 2.24) is 15.5 Å². The molecule has 0 aliphatic carbocycles. The van der Waals surface area contributed by atoms with Crippen molar-refractivity contribution in [3.63, 3.8) is 0 Å². The number of rotatable bonds is 29. The number of unbranched alkanes of at least 4 members (excludes halogenated alkanes) is 11. The van der Waals surface area contributed by atoms with Crippen molar-refractivity contribution in [2.45, 2.75) is 103 Å². The van der Waals surface area contributed by atoms with Crippen LogP contribution in [0.3, 0.4) is 0 Å². The molecule has 0 fully saturated rings. The third-order valence-corrected chi connectivity index (χ3v) is 6.92. The number of aliphatic carboxylic acids is 1. The van der Waals surface area contributed by atoms with Crippen molar-refractivity contribution in [2.24, 2.45) is 0 Å². The maximum atomic E-state index is 11.9. The minimum atomic E-state index is -0.697. The summed E-state index contributed by atoms with van der Waals surface area (Å²) >= 11 is 0. The van der Waals surface area contributed by atoms with Crippen LogP contribution in [0.2, 0.25) is 0 Å². The van der Waals surface area contributed by atoms with E-state index in [1.165, 1.54) is 50.7 Å². The Labute approximate surface area is 256 Å². The highest BCUT2D eigenvalue weighted by atomic mass is 16.5. The summed E-state index contributed by atoms with van der Waals surface area (Å²) in [5, 5.41) is 14.2. The van der Waals surface area contributed by atoms with Gasteiger partial charge in [-0.05, 0) is 38.5 Å². The fraction of sp³-hybridized carbons (Fsp3) is 0.719. The lowest BCUT2D eigenvalue weighted by molar-refractivity contribution is -0.138. The Hall–Kier alpha value is -3.05. The summed E-state index contributed by atoms with van der Waals surface area (Å²) in [7, 11) is 0. The molecule has 4 amide bonds. The summed E-state index contributed by atoms with van der Waals surface area (Å²) in [6.45, 7) is 2.43. The minimum absolute atomic E-state index is 0.0123. The molecule has 11 nitrogen and oxygen atoms in total. The monoisotopic (exact) mass is 607 g/mol. The highest BCUT2D eigenvalue weighted by molar-refractivity contribution is 6.13. The zero-order valence-corrected chi connectivity index (χ0v) is 25.8. The molecule has 0 aromatic carbocycles. The molecule has 0 atom stereocenters. The highest BCUT2D eigenvalue weighted by Crippen LogP contribution is 2.10. The molecule has 0 radical (unpaired) electrons. The van der Waals surface area contributed by atoms with Gasteiger partial charge in [0.1, 0.15) is 0 Å². The van der Waals surface area contributed by atoms with Crippen LogP contribution in [0.15, 0.2) is 24.3 Å². The summed E-state index contributed by atoms with van der Waals surface area (Å²) in [6, 6.07) is 0. The molecule has 244 valence electrons. The van der Waals surface area contributed by atoms with Gasteiger partial charge in [-0.3, -0.25) is 28.9 Å². The predicted molar refractivity (Wildman–Crippen MR) is 164 cm³/mol. The third kappa shape index (κ3) is 23.1. The van der Waals surface area contributed by atoms with Gasteiger partial charge in [0, 0.05) is 51.0 Å². The molecule has 0 saturated carbocycles. The van der Waals surface area contributed by atoms with Crippen LogP contribution in [0, 0.1) is 0 Å². The molecular formula is C32H53N3O8. The number of allylic oxidation sites excluding steroid dienone is 2. The van der Waals surface area contributed by atoms with Crippen molar-refractivity contribution >= 4 is 29.6 Å². The standard InChI is InChI=1S/C32H53N3O8/c36-28(19-23-35-30(38)17-18-31(35)39)34-22-25-43-27-26-42-24-20-29(37)33-21-15-13-11-9-7-5-3-1-2-4-6-8-10-12-14-16-32(40)41/h1-2,17-18H,3-16,19-27H2,(H,33,37)(H,34,36)(H,40,41)/b2-1-. The fourth-order valence-corrected chi connectivity index (χ4v) is 4.42. The molecule has 0 aromatic rings. The fourth-order valence-electron chi connectivity index (χ4n) is 4.42. The molecule has 0 saturated heterocycles. The Balaban J connectivity index is 1.76. The van der Waals surface area contributed by atoms with Crippen LogP contribution in [0.4, 0.5) is 0 Å². The van der Waals surface area contributed by atoms with Gasteiger partial charge in [-0.2, -0.15) is 0 Å². The largest absolute Gasteiger partial charge is 0.481 e. The lowest BCUT2D eigenvalue weighted by Gasteiger charge is -2.13. The SMILES string of the molecule is O=C(O)CCCCCCC/C=C\CCCCCCCCNC(=O)CCOCCOCCNC(=O)CCN1C(=O)C=CC1=O. The molecule has 1 aliphatic rings. The van der Waals surface area contributed by atoms with Crippen molar-refractivity contribution in [3.8, 4) is 0 Å². The molecule has 11 heteroatoms. The van der Waals surface area contributed by atoms with Crippen LogP contribution in [0.25, 0.3) is 0 Å². The number of amides is 4. The van der Waals surface area contributed by atoms with E-state index in [1.807, 2.05) is 0 Å².